The molecule has 2 aliphatic rings. The van der Waals surface area contributed by atoms with Gasteiger partial charge < -0.3 is 0 Å². The minimum Gasteiger partial charge on any atom is -0.238 e. The van der Waals surface area contributed by atoms with E-state index in [0.29, 0.717) is 11.3 Å². The highest BCUT2D eigenvalue weighted by molar-refractivity contribution is 7.02. The van der Waals surface area contributed by atoms with Crippen LogP contribution in [0.5, 0.6) is 0 Å². The summed E-state index contributed by atoms with van der Waals surface area (Å²) in [4.78, 5) is 4.22. The fraction of sp³-hybridized carbons (Fsp3) is 0.160. The Kier molecular flexibility index (Phi) is 6.76. The topological polar surface area (TPSA) is 28.1 Å². The van der Waals surface area contributed by atoms with Crippen molar-refractivity contribution in [2.24, 2.45) is 0 Å². The fourth-order valence-electron chi connectivity index (χ4n) is 10.9. The van der Waals surface area contributed by atoms with Crippen molar-refractivity contribution in [1.82, 2.24) is 0 Å². The summed E-state index contributed by atoms with van der Waals surface area (Å²) < 4.78 is 0. The predicted octanol–water partition coefficient (Wildman–Crippen LogP) is 8.47. The maximum atomic E-state index is 10.9. The molecule has 0 saturated heterocycles. The van der Waals surface area contributed by atoms with Gasteiger partial charge in [0.25, 0.3) is 0 Å². The molecule has 2 nitrogen and oxygen atoms in total. The Balaban J connectivity index is 1.35. The van der Waals surface area contributed by atoms with Crippen LogP contribution < -0.4 is 32.8 Å². The molecule has 0 atom stereocenters. The molecular weight excluding hydrogens is 650 g/mol. The van der Waals surface area contributed by atoms with E-state index in [0.717, 1.165) is 37.8 Å². The van der Waals surface area contributed by atoms with Gasteiger partial charge in [0.2, 0.25) is 13.4 Å². The van der Waals surface area contributed by atoms with Crippen LogP contribution in [0.25, 0.3) is 59.4 Å². The maximum absolute atomic E-state index is 10.9. The van der Waals surface area contributed by atoms with Gasteiger partial charge in [-0.05, 0) is 111 Å². The van der Waals surface area contributed by atoms with Gasteiger partial charge in [-0.25, -0.2) is 4.85 Å². The predicted molar refractivity (Wildman–Crippen MR) is 232 cm³/mol. The third-order valence-corrected chi connectivity index (χ3v) is 12.7. The van der Waals surface area contributed by atoms with E-state index >= 15 is 0 Å². The van der Waals surface area contributed by atoms with Gasteiger partial charge in [0.15, 0.2) is 5.69 Å². The molecule has 0 N–H and O–H groups in total. The first-order valence-corrected chi connectivity index (χ1v) is 19.0. The van der Waals surface area contributed by atoms with Crippen LogP contribution >= 0.6 is 0 Å². The monoisotopic (exact) mass is 688 g/mol. The number of rotatable bonds is 2. The largest absolute Gasteiger partial charge is 0.244 e. The number of fused-ring (bicyclic) bond motifs is 6. The van der Waals surface area contributed by atoms with E-state index < -0.39 is 0 Å². The Bertz CT molecular complexity index is 2790. The quantitative estimate of drug-likeness (QED) is 0.102. The molecule has 0 amide bonds. The Morgan fingerprint density at radius 1 is 0.463 bits per heavy atom. The molecule has 0 saturated carbocycles. The molecule has 0 aliphatic carbocycles. The molecule has 10 rings (SSSR count). The third-order valence-electron chi connectivity index (χ3n) is 12.7. The highest BCUT2D eigenvalue weighted by Crippen LogP contribution is 2.41. The molecule has 254 valence electrons. The van der Waals surface area contributed by atoms with Crippen LogP contribution in [0.4, 0.5) is 5.69 Å². The van der Waals surface area contributed by atoms with E-state index in [4.69, 9.17) is 6.57 Å². The van der Waals surface area contributed by atoms with Crippen LogP contribution in [0.3, 0.4) is 0 Å². The molecule has 2 aliphatic heterocycles. The van der Waals surface area contributed by atoms with Crippen molar-refractivity contribution in [3.05, 3.63) is 146 Å². The number of nitriles is 1. The first-order valence-electron chi connectivity index (χ1n) is 19.0. The van der Waals surface area contributed by atoms with Crippen LogP contribution in [0.1, 0.15) is 50.1 Å². The van der Waals surface area contributed by atoms with E-state index in [9.17, 15) is 5.26 Å². The first-order chi connectivity index (χ1) is 26.0. The lowest BCUT2D eigenvalue weighted by Crippen LogP contribution is -2.51. The molecule has 0 fully saturated rings. The van der Waals surface area contributed by atoms with Gasteiger partial charge in [0.05, 0.1) is 18.2 Å². The van der Waals surface area contributed by atoms with Crippen LogP contribution in [0.15, 0.2) is 84.9 Å². The summed E-state index contributed by atoms with van der Waals surface area (Å²) in [6.45, 7) is 26.2. The molecule has 0 aromatic heterocycles. The summed E-state index contributed by atoms with van der Waals surface area (Å²) in [5.41, 5.74) is 24.4. The fourth-order valence-corrected chi connectivity index (χ4v) is 10.9. The van der Waals surface area contributed by atoms with Crippen molar-refractivity contribution in [3.63, 3.8) is 0 Å². The molecule has 8 aromatic carbocycles. The van der Waals surface area contributed by atoms with E-state index in [1.807, 2.05) is 0 Å². The highest BCUT2D eigenvalue weighted by Gasteiger charge is 2.40. The number of benzene rings is 8. The minimum atomic E-state index is -0.0157. The number of aryl methyl sites for hydroxylation is 8. The van der Waals surface area contributed by atoms with Crippen molar-refractivity contribution in [1.29, 1.82) is 5.26 Å². The van der Waals surface area contributed by atoms with Crippen molar-refractivity contribution in [3.8, 4) is 28.3 Å². The number of nitrogens with zero attached hydrogens (tertiary/aromatic N) is 2. The SMILES string of the molecule is [C-]#[N+]c1cc(B2c3c(C)cc(C)cc3-c3cc(C)cc(C)c32)c2ccc3c(B4c5c(C)cc(C)cc5-c5cc(C)cc(C)c54)cc(C#N)c4ccc1c2c43. The zero-order chi connectivity index (χ0) is 37.5. The molecular formula is C50H38B2N2. The Morgan fingerprint density at radius 2 is 0.815 bits per heavy atom. The third kappa shape index (κ3) is 4.23. The standard InChI is InChI=1S/C50H38B2N2/c1-25-14-29(5)47-38(18-25)39-19-26(2)15-30(6)48(39)51(47)42-22-33(24-53)34-10-13-37-44(54-9)23-43(36-12-11-35(42)45(34)46(36)37)52-49-31(7)16-27(3)20-40(49)41-21-28(4)17-32(8)50(41)52/h10-23H,1-8H3. The van der Waals surface area contributed by atoms with Crippen molar-refractivity contribution < 1.29 is 0 Å². The van der Waals surface area contributed by atoms with Gasteiger partial charge in [-0.3, -0.25) is 0 Å². The van der Waals surface area contributed by atoms with E-state index in [1.54, 1.807) is 0 Å². The van der Waals surface area contributed by atoms with Crippen molar-refractivity contribution >= 4 is 84.2 Å². The second-order valence-electron chi connectivity index (χ2n) is 16.3. The van der Waals surface area contributed by atoms with E-state index in [1.165, 1.54) is 94.1 Å². The van der Waals surface area contributed by atoms with Gasteiger partial charge in [-0.2, -0.15) is 5.26 Å². The molecule has 4 heteroatoms. The van der Waals surface area contributed by atoms with Gasteiger partial charge in [-0.15, -0.1) is 0 Å². The molecule has 54 heavy (non-hydrogen) atoms. The Morgan fingerprint density at radius 3 is 1.20 bits per heavy atom. The van der Waals surface area contributed by atoms with Crippen molar-refractivity contribution in [2.45, 2.75) is 55.4 Å². The number of hydrogen-bond donors (Lipinski definition) is 0. The maximum Gasteiger partial charge on any atom is 0.244 e. The summed E-state index contributed by atoms with van der Waals surface area (Å²) in [6, 6.07) is 34.4. The molecule has 8 aromatic rings. The normalized spacial score (nSPS) is 12.7. The summed E-state index contributed by atoms with van der Waals surface area (Å²) in [5, 5.41) is 17.3. The average Bonchev–Trinajstić information content (AvgIpc) is 3.63. The molecule has 0 spiro atoms. The van der Waals surface area contributed by atoms with Crippen LogP contribution in [-0.4, -0.2) is 13.4 Å². The highest BCUT2D eigenvalue weighted by atomic mass is 14.6. The summed E-state index contributed by atoms with van der Waals surface area (Å²) in [7, 11) is 0. The molecule has 2 heterocycles. The lowest BCUT2D eigenvalue weighted by Gasteiger charge is -2.23. The minimum absolute atomic E-state index is 0.0125. The number of hydrogen-bond acceptors (Lipinski definition) is 1. The summed E-state index contributed by atoms with van der Waals surface area (Å²) in [5.74, 6) is 0. The van der Waals surface area contributed by atoms with Gasteiger partial charge in [-0.1, -0.05) is 156 Å². The zero-order valence-electron chi connectivity index (χ0n) is 32.1. The van der Waals surface area contributed by atoms with E-state index in [-0.39, 0.29) is 13.4 Å². The lowest BCUT2D eigenvalue weighted by molar-refractivity contribution is 1.40. The van der Waals surface area contributed by atoms with E-state index in [2.05, 4.69) is 151 Å². The van der Waals surface area contributed by atoms with Gasteiger partial charge >= 0.3 is 0 Å². The van der Waals surface area contributed by atoms with Gasteiger partial charge in [0, 0.05) is 5.39 Å². The van der Waals surface area contributed by atoms with Gasteiger partial charge in [0.1, 0.15) is 0 Å². The summed E-state index contributed by atoms with van der Waals surface area (Å²) in [6.07, 6.45) is 0. The van der Waals surface area contributed by atoms with Crippen LogP contribution in [0.2, 0.25) is 0 Å². The first kappa shape index (κ1) is 32.6. The second kappa shape index (κ2) is 11.2. The van der Waals surface area contributed by atoms with Crippen LogP contribution in [0, 0.1) is 73.3 Å². The second-order valence-corrected chi connectivity index (χ2v) is 16.3. The molecule has 0 unspecified atom stereocenters. The van der Waals surface area contributed by atoms with Crippen molar-refractivity contribution in [2.75, 3.05) is 0 Å². The smallest absolute Gasteiger partial charge is 0.238 e. The van der Waals surface area contributed by atoms with Crippen LogP contribution in [-0.2, 0) is 0 Å². The molecule has 0 radical (unpaired) electrons. The zero-order valence-corrected chi connectivity index (χ0v) is 32.1. The lowest BCUT2D eigenvalue weighted by atomic mass is 9.36. The summed E-state index contributed by atoms with van der Waals surface area (Å²) >= 11 is 0. The average molecular weight is 688 g/mol. The Labute approximate surface area is 318 Å². The molecule has 0 bridgehead atoms. The Hall–Kier alpha value is -6.09.